The summed E-state index contributed by atoms with van der Waals surface area (Å²) in [6, 6.07) is 11.8. The van der Waals surface area contributed by atoms with E-state index in [-0.39, 0.29) is 31.0 Å². The van der Waals surface area contributed by atoms with Crippen LogP contribution in [0.3, 0.4) is 0 Å². The Kier molecular flexibility index (Phi) is 8.51. The quantitative estimate of drug-likeness (QED) is 0.410. The smallest absolute Gasteiger partial charge is 0.248 e. The van der Waals surface area contributed by atoms with E-state index in [2.05, 4.69) is 15.6 Å². The first-order chi connectivity index (χ1) is 18.3. The summed E-state index contributed by atoms with van der Waals surface area (Å²) in [7, 11) is 3.07. The summed E-state index contributed by atoms with van der Waals surface area (Å²) in [4.78, 5) is 29.7. The molecule has 10 nitrogen and oxygen atoms in total. The summed E-state index contributed by atoms with van der Waals surface area (Å²) < 4.78 is 18.7. The maximum atomic E-state index is 14.1. The third kappa shape index (κ3) is 5.91. The van der Waals surface area contributed by atoms with Crippen molar-refractivity contribution < 1.29 is 23.8 Å². The highest BCUT2D eigenvalue weighted by molar-refractivity contribution is 5.90. The van der Waals surface area contributed by atoms with Crippen molar-refractivity contribution in [2.24, 2.45) is 0 Å². The van der Waals surface area contributed by atoms with Crippen molar-refractivity contribution in [3.8, 4) is 11.5 Å². The molecule has 38 heavy (non-hydrogen) atoms. The molecule has 1 aliphatic rings. The van der Waals surface area contributed by atoms with Crippen LogP contribution in [0.1, 0.15) is 51.6 Å². The van der Waals surface area contributed by atoms with E-state index >= 15 is 0 Å². The molecule has 0 aliphatic carbocycles. The lowest BCUT2D eigenvalue weighted by atomic mass is 9.97. The summed E-state index contributed by atoms with van der Waals surface area (Å²) in [5.74, 6) is 0.291. The molecule has 2 aromatic carbocycles. The van der Waals surface area contributed by atoms with Crippen LogP contribution in [0.25, 0.3) is 11.0 Å². The summed E-state index contributed by atoms with van der Waals surface area (Å²) in [6.07, 6.45) is 2.24. The molecule has 1 saturated heterocycles. The molecule has 2 heterocycles. The molecule has 3 aromatic rings. The molecule has 4 rings (SSSR count). The van der Waals surface area contributed by atoms with Crippen molar-refractivity contribution >= 4 is 22.8 Å². The molecule has 0 saturated carbocycles. The zero-order valence-electron chi connectivity index (χ0n) is 22.8. The normalized spacial score (nSPS) is 16.3. The molecule has 1 N–H and O–H groups in total. The Morgan fingerprint density at radius 1 is 1.18 bits per heavy atom. The summed E-state index contributed by atoms with van der Waals surface area (Å²) in [6.45, 7) is 6.71. The van der Waals surface area contributed by atoms with Gasteiger partial charge in [0.2, 0.25) is 11.8 Å². The molecule has 1 fully saturated rings. The minimum Gasteiger partial charge on any atom is -0.493 e. The average Bonchev–Trinajstić information content (AvgIpc) is 3.58. The number of nitrogens with zero attached hydrogens (tertiary/aromatic N) is 4. The molecular weight excluding hydrogens is 486 g/mol. The SMILES string of the molecule is CCC(C)(C)NC(=O)[C@@H](c1cccc(OC)c1OC)N(C[C@@H]1CCCO1)C(=O)Cn1nnc2ccccc21. The fraction of sp³-hybridized carbons (Fsp3) is 0.500. The maximum Gasteiger partial charge on any atom is 0.248 e. The maximum absolute atomic E-state index is 14.1. The highest BCUT2D eigenvalue weighted by Gasteiger charge is 2.38. The first kappa shape index (κ1) is 27.4. The number of rotatable bonds is 11. The molecule has 2 atom stereocenters. The minimum atomic E-state index is -0.989. The van der Waals surface area contributed by atoms with Crippen molar-refractivity contribution in [1.29, 1.82) is 0 Å². The van der Waals surface area contributed by atoms with E-state index in [4.69, 9.17) is 14.2 Å². The van der Waals surface area contributed by atoms with Gasteiger partial charge in [-0.2, -0.15) is 0 Å². The van der Waals surface area contributed by atoms with Crippen molar-refractivity contribution in [3.05, 3.63) is 48.0 Å². The number of fused-ring (bicyclic) bond motifs is 1. The molecule has 10 heteroatoms. The van der Waals surface area contributed by atoms with Gasteiger partial charge in [0.15, 0.2) is 11.5 Å². The molecule has 0 spiro atoms. The van der Waals surface area contributed by atoms with Crippen molar-refractivity contribution in [1.82, 2.24) is 25.2 Å². The number of benzene rings is 2. The third-order valence-electron chi connectivity index (χ3n) is 7.08. The second-order valence-electron chi connectivity index (χ2n) is 10.1. The zero-order valence-corrected chi connectivity index (χ0v) is 22.8. The monoisotopic (exact) mass is 523 g/mol. The highest BCUT2D eigenvalue weighted by atomic mass is 16.5. The molecule has 2 amide bonds. The number of amides is 2. The lowest BCUT2D eigenvalue weighted by Crippen LogP contribution is -2.52. The van der Waals surface area contributed by atoms with Crippen molar-refractivity contribution in [2.75, 3.05) is 27.4 Å². The number of carbonyl (C=O) groups is 2. The average molecular weight is 524 g/mol. The van der Waals surface area contributed by atoms with Gasteiger partial charge in [0.1, 0.15) is 18.1 Å². The van der Waals surface area contributed by atoms with E-state index in [0.29, 0.717) is 35.6 Å². The fourth-order valence-electron chi connectivity index (χ4n) is 4.68. The van der Waals surface area contributed by atoms with Gasteiger partial charge in [-0.1, -0.05) is 36.4 Å². The Hall–Kier alpha value is -3.66. The number of aromatic nitrogens is 3. The van der Waals surface area contributed by atoms with E-state index < -0.39 is 11.6 Å². The van der Waals surface area contributed by atoms with E-state index in [1.54, 1.807) is 34.9 Å². The van der Waals surface area contributed by atoms with Crippen LogP contribution >= 0.6 is 0 Å². The van der Waals surface area contributed by atoms with Gasteiger partial charge >= 0.3 is 0 Å². The van der Waals surface area contributed by atoms with E-state index in [9.17, 15) is 9.59 Å². The van der Waals surface area contributed by atoms with Crippen LogP contribution in [0, 0.1) is 0 Å². The Balaban J connectivity index is 1.79. The Morgan fingerprint density at radius 3 is 2.66 bits per heavy atom. The number of carbonyl (C=O) groups excluding carboxylic acids is 2. The lowest BCUT2D eigenvalue weighted by Gasteiger charge is -2.36. The Morgan fingerprint density at radius 2 is 1.97 bits per heavy atom. The predicted octanol–water partition coefficient (Wildman–Crippen LogP) is 3.50. The number of ether oxygens (including phenoxy) is 3. The van der Waals surface area contributed by atoms with Gasteiger partial charge in [-0.05, 0) is 51.3 Å². The molecule has 0 bridgehead atoms. The van der Waals surface area contributed by atoms with Crippen LogP contribution in [0.2, 0.25) is 0 Å². The Bertz CT molecular complexity index is 1270. The summed E-state index contributed by atoms with van der Waals surface area (Å²) in [5, 5.41) is 11.5. The van der Waals surface area contributed by atoms with Gasteiger partial charge < -0.3 is 24.4 Å². The summed E-state index contributed by atoms with van der Waals surface area (Å²) >= 11 is 0. The van der Waals surface area contributed by atoms with Gasteiger partial charge in [0, 0.05) is 24.3 Å². The number of hydrogen-bond acceptors (Lipinski definition) is 7. The standard InChI is InChI=1S/C28H37N5O5/c1-6-28(2,3)29-27(35)25(20-12-9-15-23(36-4)26(20)37-5)32(17-19-11-10-16-38-19)24(34)18-33-22-14-8-7-13-21(22)30-31-33/h7-9,12-15,19,25H,6,10-11,16-18H2,1-5H3,(H,29,35)/t19-,25+/m0/s1. The highest BCUT2D eigenvalue weighted by Crippen LogP contribution is 2.38. The van der Waals surface area contributed by atoms with Crippen LogP contribution in [-0.4, -0.2) is 70.7 Å². The second kappa shape index (κ2) is 11.8. The van der Waals surface area contributed by atoms with E-state index in [0.717, 1.165) is 18.4 Å². The molecule has 0 unspecified atom stereocenters. The first-order valence-corrected chi connectivity index (χ1v) is 13.0. The molecular formula is C28H37N5O5. The number of nitrogens with one attached hydrogen (secondary N) is 1. The molecule has 1 aliphatic heterocycles. The van der Waals surface area contributed by atoms with Crippen LogP contribution in [0.5, 0.6) is 11.5 Å². The van der Waals surface area contributed by atoms with Crippen LogP contribution in [0.15, 0.2) is 42.5 Å². The minimum absolute atomic E-state index is 0.0829. The van der Waals surface area contributed by atoms with Gasteiger partial charge in [-0.25, -0.2) is 4.68 Å². The number of para-hydroxylation sites is 2. The topological polar surface area (TPSA) is 108 Å². The first-order valence-electron chi connectivity index (χ1n) is 13.0. The van der Waals surface area contributed by atoms with E-state index in [1.807, 2.05) is 45.0 Å². The summed E-state index contributed by atoms with van der Waals surface area (Å²) in [5.41, 5.74) is 1.48. The largest absolute Gasteiger partial charge is 0.493 e. The third-order valence-corrected chi connectivity index (χ3v) is 7.08. The van der Waals surface area contributed by atoms with Gasteiger partial charge in [0.25, 0.3) is 0 Å². The fourth-order valence-corrected chi connectivity index (χ4v) is 4.68. The van der Waals surface area contributed by atoms with Crippen molar-refractivity contribution in [3.63, 3.8) is 0 Å². The lowest BCUT2D eigenvalue weighted by molar-refractivity contribution is -0.144. The number of hydrogen-bond donors (Lipinski definition) is 1. The number of methoxy groups -OCH3 is 2. The zero-order chi connectivity index (χ0) is 27.3. The molecule has 0 radical (unpaired) electrons. The van der Waals surface area contributed by atoms with Gasteiger partial charge in [-0.15, -0.1) is 5.10 Å². The van der Waals surface area contributed by atoms with Gasteiger partial charge in [0.05, 0.1) is 25.8 Å². The van der Waals surface area contributed by atoms with Crippen LogP contribution in [0.4, 0.5) is 0 Å². The van der Waals surface area contributed by atoms with E-state index in [1.165, 1.54) is 7.11 Å². The second-order valence-corrected chi connectivity index (χ2v) is 10.1. The van der Waals surface area contributed by atoms with Crippen molar-refractivity contribution in [2.45, 2.75) is 64.3 Å². The molecule has 204 valence electrons. The predicted molar refractivity (Wildman–Crippen MR) is 143 cm³/mol. The van der Waals surface area contributed by atoms with Gasteiger partial charge in [-0.3, -0.25) is 9.59 Å². The Labute approximate surface area is 223 Å². The van der Waals surface area contributed by atoms with Crippen LogP contribution < -0.4 is 14.8 Å². The van der Waals surface area contributed by atoms with Crippen LogP contribution in [-0.2, 0) is 20.9 Å². The molecule has 1 aromatic heterocycles.